The maximum Gasteiger partial charge on any atom is 0.352 e. The summed E-state index contributed by atoms with van der Waals surface area (Å²) in [6, 6.07) is 1.42. The van der Waals surface area contributed by atoms with Crippen molar-refractivity contribution in [1.29, 1.82) is 0 Å². The molecule has 0 aliphatic rings. The van der Waals surface area contributed by atoms with E-state index in [9.17, 15) is 4.79 Å². The van der Waals surface area contributed by atoms with Gasteiger partial charge in [0.2, 0.25) is 0 Å². The second-order valence-electron chi connectivity index (χ2n) is 3.51. The second kappa shape index (κ2) is 7.09. The Morgan fingerprint density at radius 2 is 2.28 bits per heavy atom. The topological polar surface area (TPSA) is 42.2 Å². The third-order valence-electron chi connectivity index (χ3n) is 2.19. The molecule has 0 spiro atoms. The van der Waals surface area contributed by atoms with Crippen LogP contribution in [0.25, 0.3) is 0 Å². The molecular formula is C13H13Cl2NO2. The van der Waals surface area contributed by atoms with Gasteiger partial charge in [0.05, 0.1) is 5.02 Å². The number of halogens is 2. The molecular weight excluding hydrogens is 273 g/mol. The minimum absolute atomic E-state index is 0.147. The summed E-state index contributed by atoms with van der Waals surface area (Å²) in [5.41, 5.74) is 1.04. The summed E-state index contributed by atoms with van der Waals surface area (Å²) in [6.07, 6.45) is 8.62. The molecule has 0 atom stereocenters. The molecule has 18 heavy (non-hydrogen) atoms. The molecule has 0 aliphatic carbocycles. The van der Waals surface area contributed by atoms with Crippen LogP contribution in [0.15, 0.2) is 48.7 Å². The first-order chi connectivity index (χ1) is 8.58. The van der Waals surface area contributed by atoms with Crippen LogP contribution in [-0.2, 0) is 6.54 Å². The van der Waals surface area contributed by atoms with E-state index in [2.05, 4.69) is 6.58 Å². The summed E-state index contributed by atoms with van der Waals surface area (Å²) in [7, 11) is 0. The van der Waals surface area contributed by atoms with Crippen molar-refractivity contribution < 1.29 is 9.90 Å². The van der Waals surface area contributed by atoms with Gasteiger partial charge in [0.25, 0.3) is 0 Å². The Hall–Kier alpha value is -1.45. The maximum atomic E-state index is 11.0. The first kappa shape index (κ1) is 14.6. The number of alkyl halides is 1. The van der Waals surface area contributed by atoms with Gasteiger partial charge in [-0.1, -0.05) is 42.5 Å². The molecule has 3 nitrogen and oxygen atoms in total. The van der Waals surface area contributed by atoms with Crippen molar-refractivity contribution in [3.63, 3.8) is 0 Å². The number of carbonyl (C=O) groups is 1. The fourth-order valence-corrected chi connectivity index (χ4v) is 1.80. The van der Waals surface area contributed by atoms with Gasteiger partial charge in [-0.3, -0.25) is 0 Å². The van der Waals surface area contributed by atoms with Gasteiger partial charge in [0.1, 0.15) is 5.69 Å². The van der Waals surface area contributed by atoms with Crippen LogP contribution in [0, 0.1) is 0 Å². The molecule has 96 valence electrons. The minimum atomic E-state index is -1.01. The lowest BCUT2D eigenvalue weighted by molar-refractivity contribution is 0.0685. The Morgan fingerprint density at radius 1 is 1.56 bits per heavy atom. The highest BCUT2D eigenvalue weighted by Gasteiger charge is 2.11. The van der Waals surface area contributed by atoms with Crippen molar-refractivity contribution in [2.45, 2.75) is 6.54 Å². The quantitative estimate of drug-likeness (QED) is 0.639. The number of hydrogen-bond acceptors (Lipinski definition) is 1. The van der Waals surface area contributed by atoms with Gasteiger partial charge >= 0.3 is 5.97 Å². The Bertz CT molecular complexity index is 501. The first-order valence-corrected chi connectivity index (χ1v) is 6.12. The van der Waals surface area contributed by atoms with E-state index in [1.165, 1.54) is 6.07 Å². The van der Waals surface area contributed by atoms with E-state index in [0.29, 0.717) is 17.4 Å². The summed E-state index contributed by atoms with van der Waals surface area (Å²) >= 11 is 11.4. The molecule has 0 fully saturated rings. The molecule has 1 aromatic heterocycles. The summed E-state index contributed by atoms with van der Waals surface area (Å²) < 4.78 is 1.57. The zero-order valence-electron chi connectivity index (χ0n) is 9.64. The molecule has 0 saturated carbocycles. The number of rotatable bonds is 6. The first-order valence-electron chi connectivity index (χ1n) is 5.21. The summed E-state index contributed by atoms with van der Waals surface area (Å²) in [6.45, 7) is 4.01. The molecule has 1 rings (SSSR count). The van der Waals surface area contributed by atoms with Crippen LogP contribution in [0.2, 0.25) is 5.02 Å². The van der Waals surface area contributed by atoms with E-state index in [-0.39, 0.29) is 5.69 Å². The predicted molar refractivity (Wildman–Crippen MR) is 74.5 cm³/mol. The molecule has 0 radical (unpaired) electrons. The van der Waals surface area contributed by atoms with Gasteiger partial charge in [-0.15, -0.1) is 11.6 Å². The van der Waals surface area contributed by atoms with Crippen LogP contribution in [0.5, 0.6) is 0 Å². The minimum Gasteiger partial charge on any atom is -0.477 e. The lowest BCUT2D eigenvalue weighted by Crippen LogP contribution is -2.08. The molecule has 0 saturated heterocycles. The smallest absolute Gasteiger partial charge is 0.352 e. The standard InChI is InChI=1S/C13H13Cl2NO2/c1-2-4-10(5-3-6-14)8-16-9-11(15)7-12(16)13(17)18/h2-5,7,9H,1,6,8H2,(H,17,18)/b5-3-,10-4+. The maximum absolute atomic E-state index is 11.0. The Labute approximate surface area is 116 Å². The number of carboxylic acid groups (broad SMARTS) is 1. The van der Waals surface area contributed by atoms with Crippen LogP contribution < -0.4 is 0 Å². The van der Waals surface area contributed by atoms with E-state index in [0.717, 1.165) is 5.57 Å². The van der Waals surface area contributed by atoms with Crippen molar-refractivity contribution in [1.82, 2.24) is 4.57 Å². The Balaban J connectivity index is 3.00. The van der Waals surface area contributed by atoms with E-state index in [4.69, 9.17) is 28.3 Å². The summed E-state index contributed by atoms with van der Waals surface area (Å²) in [4.78, 5) is 11.0. The predicted octanol–water partition coefficient (Wildman–Crippen LogP) is 3.75. The fraction of sp³-hybridized carbons (Fsp3) is 0.154. The summed E-state index contributed by atoms with van der Waals surface area (Å²) in [5, 5.41) is 9.43. The van der Waals surface area contributed by atoms with E-state index >= 15 is 0 Å². The van der Waals surface area contributed by atoms with Crippen LogP contribution in [-0.4, -0.2) is 21.5 Å². The van der Waals surface area contributed by atoms with Crippen LogP contribution >= 0.6 is 23.2 Å². The monoisotopic (exact) mass is 285 g/mol. The largest absolute Gasteiger partial charge is 0.477 e. The highest BCUT2D eigenvalue weighted by atomic mass is 35.5. The Morgan fingerprint density at radius 3 is 2.83 bits per heavy atom. The summed E-state index contributed by atoms with van der Waals surface area (Å²) in [5.74, 6) is -0.617. The van der Waals surface area contributed by atoms with Crippen molar-refractivity contribution in [2.24, 2.45) is 0 Å². The Kier molecular flexibility index (Phi) is 5.75. The lowest BCUT2D eigenvalue weighted by atomic mass is 10.2. The molecule has 0 bridgehead atoms. The molecule has 0 amide bonds. The van der Waals surface area contributed by atoms with Crippen molar-refractivity contribution in [3.8, 4) is 0 Å². The number of nitrogens with zero attached hydrogens (tertiary/aromatic N) is 1. The van der Waals surface area contributed by atoms with Gasteiger partial charge in [-0.05, 0) is 11.6 Å². The second-order valence-corrected chi connectivity index (χ2v) is 4.26. The van der Waals surface area contributed by atoms with Crippen molar-refractivity contribution in [3.05, 3.63) is 59.4 Å². The van der Waals surface area contributed by atoms with E-state index in [1.54, 1.807) is 29.0 Å². The van der Waals surface area contributed by atoms with Crippen LogP contribution in [0.3, 0.4) is 0 Å². The molecule has 1 N–H and O–H groups in total. The number of carboxylic acids is 1. The van der Waals surface area contributed by atoms with Crippen LogP contribution in [0.1, 0.15) is 10.5 Å². The number of allylic oxidation sites excluding steroid dienone is 5. The highest BCUT2D eigenvalue weighted by molar-refractivity contribution is 6.30. The molecule has 0 aromatic carbocycles. The average molecular weight is 286 g/mol. The number of hydrogen-bond donors (Lipinski definition) is 1. The van der Waals surface area contributed by atoms with Gasteiger partial charge in [0.15, 0.2) is 0 Å². The average Bonchev–Trinajstić information content (AvgIpc) is 2.67. The zero-order chi connectivity index (χ0) is 13.5. The zero-order valence-corrected chi connectivity index (χ0v) is 11.2. The SMILES string of the molecule is C=C/C=C(\C=C/CCl)Cn1cc(Cl)cc1C(=O)O. The van der Waals surface area contributed by atoms with E-state index in [1.807, 2.05) is 6.08 Å². The lowest BCUT2D eigenvalue weighted by Gasteiger charge is -2.06. The normalized spacial score (nSPS) is 12.0. The van der Waals surface area contributed by atoms with Gasteiger partial charge in [-0.25, -0.2) is 4.79 Å². The molecule has 0 unspecified atom stereocenters. The van der Waals surface area contributed by atoms with Crippen molar-refractivity contribution in [2.75, 3.05) is 5.88 Å². The third-order valence-corrected chi connectivity index (χ3v) is 2.57. The number of aromatic nitrogens is 1. The molecule has 5 heteroatoms. The van der Waals surface area contributed by atoms with Gasteiger partial charge < -0.3 is 9.67 Å². The third kappa shape index (κ3) is 4.09. The van der Waals surface area contributed by atoms with E-state index < -0.39 is 5.97 Å². The van der Waals surface area contributed by atoms with Crippen molar-refractivity contribution >= 4 is 29.2 Å². The highest BCUT2D eigenvalue weighted by Crippen LogP contribution is 2.16. The number of aromatic carboxylic acids is 1. The van der Waals surface area contributed by atoms with Gasteiger partial charge in [0, 0.05) is 18.6 Å². The van der Waals surface area contributed by atoms with Gasteiger partial charge in [-0.2, -0.15) is 0 Å². The molecule has 1 heterocycles. The molecule has 1 aromatic rings. The molecule has 0 aliphatic heterocycles. The fourth-order valence-electron chi connectivity index (χ4n) is 1.49. The van der Waals surface area contributed by atoms with Crippen LogP contribution in [0.4, 0.5) is 0 Å².